The summed E-state index contributed by atoms with van der Waals surface area (Å²) < 4.78 is 11.0. The van der Waals surface area contributed by atoms with Gasteiger partial charge in [0.1, 0.15) is 19.0 Å². The molecule has 5 nitrogen and oxygen atoms in total. The molecule has 1 amide bonds. The van der Waals surface area contributed by atoms with Gasteiger partial charge in [-0.2, -0.15) is 5.26 Å². The van der Waals surface area contributed by atoms with Crippen LogP contribution in [0.15, 0.2) is 78.9 Å². The number of hydrogen-bond donors (Lipinski definition) is 1. The van der Waals surface area contributed by atoms with Gasteiger partial charge in [-0.15, -0.1) is 0 Å². The van der Waals surface area contributed by atoms with E-state index in [0.29, 0.717) is 32.6 Å². The van der Waals surface area contributed by atoms with Crippen molar-refractivity contribution in [2.75, 3.05) is 19.8 Å². The number of hydrogen-bond acceptors (Lipinski definition) is 4. The van der Waals surface area contributed by atoms with Crippen molar-refractivity contribution in [3.05, 3.63) is 95.6 Å². The van der Waals surface area contributed by atoms with Gasteiger partial charge in [0, 0.05) is 12.5 Å². The maximum absolute atomic E-state index is 12.2. The van der Waals surface area contributed by atoms with Crippen LogP contribution in [-0.2, 0) is 4.74 Å². The van der Waals surface area contributed by atoms with Gasteiger partial charge >= 0.3 is 6.09 Å². The first-order chi connectivity index (χ1) is 16.3. The largest absolute Gasteiger partial charge is 0.493 e. The summed E-state index contributed by atoms with van der Waals surface area (Å²) in [6.45, 7) is 1.22. The molecule has 0 saturated heterocycles. The molecule has 0 fully saturated rings. The summed E-state index contributed by atoms with van der Waals surface area (Å²) >= 11 is 0. The van der Waals surface area contributed by atoms with Gasteiger partial charge in [-0.1, -0.05) is 72.8 Å². The van der Waals surface area contributed by atoms with Gasteiger partial charge in [0.2, 0.25) is 0 Å². The first-order valence-corrected chi connectivity index (χ1v) is 11.1. The monoisotopic (exact) mass is 438 g/mol. The van der Waals surface area contributed by atoms with E-state index >= 15 is 0 Å². The Labute approximate surface area is 194 Å². The Morgan fingerprint density at radius 3 is 2.30 bits per heavy atom. The van der Waals surface area contributed by atoms with E-state index in [1.165, 1.54) is 22.3 Å². The summed E-state index contributed by atoms with van der Waals surface area (Å²) in [5.74, 6) is 0.814. The fourth-order valence-corrected chi connectivity index (χ4v) is 4.02. The van der Waals surface area contributed by atoms with Gasteiger partial charge in [0.25, 0.3) is 0 Å². The van der Waals surface area contributed by atoms with Crippen LogP contribution in [0.1, 0.15) is 35.4 Å². The second kappa shape index (κ2) is 11.0. The van der Waals surface area contributed by atoms with Crippen LogP contribution in [-0.4, -0.2) is 25.9 Å². The molecular formula is C28H26N2O3. The molecule has 1 aliphatic carbocycles. The highest BCUT2D eigenvalue weighted by Gasteiger charge is 2.28. The van der Waals surface area contributed by atoms with Gasteiger partial charge < -0.3 is 14.8 Å². The fourth-order valence-electron chi connectivity index (χ4n) is 4.02. The number of amides is 1. The van der Waals surface area contributed by atoms with Crippen molar-refractivity contribution in [1.82, 2.24) is 5.32 Å². The zero-order chi connectivity index (χ0) is 22.9. The minimum atomic E-state index is -0.399. The van der Waals surface area contributed by atoms with Crippen molar-refractivity contribution in [3.8, 4) is 22.9 Å². The van der Waals surface area contributed by atoms with E-state index in [0.717, 1.165) is 11.3 Å². The minimum absolute atomic E-state index is 0.0647. The molecule has 166 valence electrons. The van der Waals surface area contributed by atoms with E-state index in [1.54, 1.807) is 0 Å². The molecule has 0 saturated carbocycles. The Bertz CT molecular complexity index is 1120. The van der Waals surface area contributed by atoms with Crippen LogP contribution in [0.4, 0.5) is 4.79 Å². The van der Waals surface area contributed by atoms with Gasteiger partial charge in [-0.3, -0.25) is 0 Å². The average Bonchev–Trinajstić information content (AvgIpc) is 3.17. The van der Waals surface area contributed by atoms with Gasteiger partial charge in [-0.05, 0) is 46.4 Å². The molecule has 0 atom stereocenters. The van der Waals surface area contributed by atoms with E-state index in [9.17, 15) is 4.79 Å². The normalized spacial score (nSPS) is 12.1. The Balaban J connectivity index is 1.20. The number of nitrogens with zero attached hydrogens (tertiary/aromatic N) is 1. The molecule has 1 aliphatic rings. The molecule has 0 aromatic heterocycles. The van der Waals surface area contributed by atoms with E-state index in [4.69, 9.17) is 14.7 Å². The van der Waals surface area contributed by atoms with Gasteiger partial charge in [0.15, 0.2) is 0 Å². The molecule has 0 aliphatic heterocycles. The lowest BCUT2D eigenvalue weighted by Crippen LogP contribution is -2.26. The number of carbonyl (C=O) groups excluding carboxylic acids is 1. The lowest BCUT2D eigenvalue weighted by Gasteiger charge is -2.14. The molecule has 3 aromatic rings. The standard InChI is InChI=1S/C28H26N2O3/c29-17-7-19-32-22-15-13-21(14-16-22)8-5-6-18-30-28(31)33-20-27-25-11-3-1-9-23(25)24-10-2-4-12-26(24)27/h1-5,8-16,27H,6-7,18-20H2,(H,30,31). The van der Waals surface area contributed by atoms with Gasteiger partial charge in [-0.25, -0.2) is 4.79 Å². The number of nitriles is 1. The lowest BCUT2D eigenvalue weighted by atomic mass is 9.98. The number of benzene rings is 3. The van der Waals surface area contributed by atoms with Crippen LogP contribution >= 0.6 is 0 Å². The first-order valence-electron chi connectivity index (χ1n) is 11.1. The number of rotatable bonds is 9. The van der Waals surface area contributed by atoms with Crippen LogP contribution in [0.5, 0.6) is 5.75 Å². The number of alkyl carbamates (subject to hydrolysis) is 1. The van der Waals surface area contributed by atoms with Crippen molar-refractivity contribution in [1.29, 1.82) is 5.26 Å². The summed E-state index contributed by atoms with van der Waals surface area (Å²) in [5.41, 5.74) is 5.89. The quantitative estimate of drug-likeness (QED) is 0.421. The van der Waals surface area contributed by atoms with Crippen molar-refractivity contribution in [3.63, 3.8) is 0 Å². The molecule has 0 radical (unpaired) electrons. The number of carbonyl (C=O) groups is 1. The van der Waals surface area contributed by atoms with Crippen molar-refractivity contribution in [2.45, 2.75) is 18.8 Å². The number of fused-ring (bicyclic) bond motifs is 3. The van der Waals surface area contributed by atoms with Crippen molar-refractivity contribution in [2.24, 2.45) is 0 Å². The third-order valence-electron chi connectivity index (χ3n) is 5.60. The molecule has 1 N–H and O–H groups in total. The Morgan fingerprint density at radius 1 is 0.970 bits per heavy atom. The third-order valence-corrected chi connectivity index (χ3v) is 5.60. The van der Waals surface area contributed by atoms with E-state index in [1.807, 2.05) is 60.7 Å². The minimum Gasteiger partial charge on any atom is -0.493 e. The molecule has 33 heavy (non-hydrogen) atoms. The highest BCUT2D eigenvalue weighted by Crippen LogP contribution is 2.44. The third kappa shape index (κ3) is 5.61. The smallest absolute Gasteiger partial charge is 0.407 e. The highest BCUT2D eigenvalue weighted by atomic mass is 16.5. The molecule has 4 rings (SSSR count). The zero-order valence-electron chi connectivity index (χ0n) is 18.4. The molecule has 0 unspecified atom stereocenters. The fraction of sp³-hybridized carbons (Fsp3) is 0.214. The highest BCUT2D eigenvalue weighted by molar-refractivity contribution is 5.79. The van der Waals surface area contributed by atoms with Crippen LogP contribution in [0, 0.1) is 11.3 Å². The number of ether oxygens (including phenoxy) is 2. The second-order valence-electron chi connectivity index (χ2n) is 7.77. The predicted octanol–water partition coefficient (Wildman–Crippen LogP) is 5.92. The maximum atomic E-state index is 12.2. The Morgan fingerprint density at radius 2 is 1.64 bits per heavy atom. The van der Waals surface area contributed by atoms with E-state index < -0.39 is 6.09 Å². The maximum Gasteiger partial charge on any atom is 0.407 e. The first kappa shape index (κ1) is 22.2. The lowest BCUT2D eigenvalue weighted by molar-refractivity contribution is 0.143. The molecule has 3 aromatic carbocycles. The van der Waals surface area contributed by atoms with E-state index in [-0.39, 0.29) is 5.92 Å². The van der Waals surface area contributed by atoms with Crippen LogP contribution < -0.4 is 10.1 Å². The summed E-state index contributed by atoms with van der Waals surface area (Å²) in [6, 6.07) is 26.3. The van der Waals surface area contributed by atoms with E-state index in [2.05, 4.69) is 35.7 Å². The Kier molecular flexibility index (Phi) is 7.40. The van der Waals surface area contributed by atoms with Crippen LogP contribution in [0.25, 0.3) is 17.2 Å². The Hall–Kier alpha value is -4.04. The summed E-state index contributed by atoms with van der Waals surface area (Å²) in [4.78, 5) is 12.2. The molecule has 0 bridgehead atoms. The van der Waals surface area contributed by atoms with Crippen molar-refractivity contribution >= 4 is 12.2 Å². The van der Waals surface area contributed by atoms with Crippen molar-refractivity contribution < 1.29 is 14.3 Å². The van der Waals surface area contributed by atoms with Crippen LogP contribution in [0.3, 0.4) is 0 Å². The molecular weight excluding hydrogens is 412 g/mol. The topological polar surface area (TPSA) is 71.3 Å². The molecule has 5 heteroatoms. The second-order valence-corrected chi connectivity index (χ2v) is 7.77. The molecule has 0 spiro atoms. The SMILES string of the molecule is N#CCCOc1ccc(C=CCCNC(=O)OCC2c3ccccc3-c3ccccc32)cc1. The zero-order valence-corrected chi connectivity index (χ0v) is 18.4. The predicted molar refractivity (Wildman–Crippen MR) is 129 cm³/mol. The summed E-state index contributed by atoms with van der Waals surface area (Å²) in [7, 11) is 0. The average molecular weight is 439 g/mol. The summed E-state index contributed by atoms with van der Waals surface area (Å²) in [6.07, 6.45) is 4.68. The number of nitrogens with one attached hydrogen (secondary N) is 1. The summed E-state index contributed by atoms with van der Waals surface area (Å²) in [5, 5.41) is 11.4. The van der Waals surface area contributed by atoms with Crippen LogP contribution in [0.2, 0.25) is 0 Å². The van der Waals surface area contributed by atoms with Gasteiger partial charge in [0.05, 0.1) is 12.5 Å². The molecule has 0 heterocycles.